The highest BCUT2D eigenvalue weighted by atomic mass is 14.9. The lowest BCUT2D eigenvalue weighted by Crippen LogP contribution is -2.41. The fourth-order valence-corrected chi connectivity index (χ4v) is 1.30. The van der Waals surface area contributed by atoms with Crippen molar-refractivity contribution in [2.24, 2.45) is 11.7 Å². The maximum absolute atomic E-state index is 5.90. The molecular formula is C10H24N2. The second-order valence-corrected chi connectivity index (χ2v) is 4.90. The van der Waals surface area contributed by atoms with E-state index in [0.717, 1.165) is 13.0 Å². The summed E-state index contributed by atoms with van der Waals surface area (Å²) in [6, 6.07) is 0.521. The number of hydrogen-bond acceptors (Lipinski definition) is 2. The first-order valence-electron chi connectivity index (χ1n) is 4.83. The van der Waals surface area contributed by atoms with Crippen LogP contribution >= 0.6 is 0 Å². The molecule has 0 aromatic heterocycles. The zero-order chi connectivity index (χ0) is 9.78. The van der Waals surface area contributed by atoms with Crippen molar-refractivity contribution >= 4 is 0 Å². The minimum atomic E-state index is -0.0522. The van der Waals surface area contributed by atoms with E-state index in [1.807, 2.05) is 0 Å². The van der Waals surface area contributed by atoms with E-state index in [1.54, 1.807) is 0 Å². The Morgan fingerprint density at radius 2 is 1.75 bits per heavy atom. The summed E-state index contributed by atoms with van der Waals surface area (Å²) >= 11 is 0. The van der Waals surface area contributed by atoms with Crippen LogP contribution in [-0.2, 0) is 0 Å². The van der Waals surface area contributed by atoms with E-state index in [9.17, 15) is 0 Å². The second-order valence-electron chi connectivity index (χ2n) is 4.90. The summed E-state index contributed by atoms with van der Waals surface area (Å²) in [5.41, 5.74) is 5.85. The summed E-state index contributed by atoms with van der Waals surface area (Å²) in [6.07, 6.45) is 1.03. The first-order valence-corrected chi connectivity index (χ1v) is 4.83. The van der Waals surface area contributed by atoms with Crippen LogP contribution in [-0.4, -0.2) is 18.1 Å². The molecule has 1 atom stereocenters. The van der Waals surface area contributed by atoms with E-state index in [2.05, 4.69) is 39.9 Å². The van der Waals surface area contributed by atoms with Crippen LogP contribution in [0.5, 0.6) is 0 Å². The third kappa shape index (κ3) is 8.02. The van der Waals surface area contributed by atoms with E-state index in [4.69, 9.17) is 5.73 Å². The lowest BCUT2D eigenvalue weighted by molar-refractivity contribution is 0.376. The molecule has 0 saturated carbocycles. The van der Waals surface area contributed by atoms with Crippen LogP contribution in [0.4, 0.5) is 0 Å². The maximum Gasteiger partial charge on any atom is 0.0112 e. The molecule has 3 N–H and O–H groups in total. The number of rotatable bonds is 5. The highest BCUT2D eigenvalue weighted by Crippen LogP contribution is 2.07. The summed E-state index contributed by atoms with van der Waals surface area (Å²) in [7, 11) is 0. The Balaban J connectivity index is 3.53. The molecule has 1 unspecified atom stereocenters. The van der Waals surface area contributed by atoms with Gasteiger partial charge in [0.1, 0.15) is 0 Å². The maximum atomic E-state index is 5.90. The monoisotopic (exact) mass is 172 g/mol. The van der Waals surface area contributed by atoms with Gasteiger partial charge in [-0.05, 0) is 39.7 Å². The molecular weight excluding hydrogens is 148 g/mol. The highest BCUT2D eigenvalue weighted by molar-refractivity contribution is 4.78. The van der Waals surface area contributed by atoms with Gasteiger partial charge in [-0.25, -0.2) is 0 Å². The zero-order valence-electron chi connectivity index (χ0n) is 9.15. The molecule has 0 amide bonds. The SMILES string of the molecule is CC(C)CNC(C)CC(C)(C)N. The topological polar surface area (TPSA) is 38.0 Å². The average molecular weight is 172 g/mol. The average Bonchev–Trinajstić information content (AvgIpc) is 1.79. The quantitative estimate of drug-likeness (QED) is 0.663. The summed E-state index contributed by atoms with van der Waals surface area (Å²) in [5, 5.41) is 3.46. The Kier molecular flexibility index (Phi) is 4.80. The largest absolute Gasteiger partial charge is 0.326 e. The van der Waals surface area contributed by atoms with Gasteiger partial charge in [0.2, 0.25) is 0 Å². The second kappa shape index (κ2) is 4.83. The first-order chi connectivity index (χ1) is 5.31. The van der Waals surface area contributed by atoms with Gasteiger partial charge in [-0.15, -0.1) is 0 Å². The van der Waals surface area contributed by atoms with Crippen LogP contribution in [0.1, 0.15) is 41.0 Å². The fraction of sp³-hybridized carbons (Fsp3) is 1.00. The van der Waals surface area contributed by atoms with Gasteiger partial charge in [-0.3, -0.25) is 0 Å². The van der Waals surface area contributed by atoms with Gasteiger partial charge in [0.15, 0.2) is 0 Å². The van der Waals surface area contributed by atoms with Crippen molar-refractivity contribution in [3.05, 3.63) is 0 Å². The van der Waals surface area contributed by atoms with Crippen LogP contribution in [0, 0.1) is 5.92 Å². The Morgan fingerprint density at radius 3 is 2.08 bits per heavy atom. The van der Waals surface area contributed by atoms with Crippen LogP contribution in [0.25, 0.3) is 0 Å². The molecule has 0 saturated heterocycles. The Bertz CT molecular complexity index is 113. The molecule has 0 fully saturated rings. The van der Waals surface area contributed by atoms with Crippen molar-refractivity contribution in [3.63, 3.8) is 0 Å². The summed E-state index contributed by atoms with van der Waals surface area (Å²) in [4.78, 5) is 0. The van der Waals surface area contributed by atoms with Gasteiger partial charge >= 0.3 is 0 Å². The van der Waals surface area contributed by atoms with E-state index in [0.29, 0.717) is 12.0 Å². The van der Waals surface area contributed by atoms with Crippen molar-refractivity contribution in [2.75, 3.05) is 6.54 Å². The molecule has 2 nitrogen and oxygen atoms in total. The Morgan fingerprint density at radius 1 is 1.25 bits per heavy atom. The zero-order valence-corrected chi connectivity index (χ0v) is 9.15. The van der Waals surface area contributed by atoms with Gasteiger partial charge in [-0.2, -0.15) is 0 Å². The molecule has 12 heavy (non-hydrogen) atoms. The van der Waals surface area contributed by atoms with Gasteiger partial charge in [0.05, 0.1) is 0 Å². The molecule has 0 aliphatic heterocycles. The number of nitrogens with one attached hydrogen (secondary N) is 1. The van der Waals surface area contributed by atoms with E-state index < -0.39 is 0 Å². The minimum Gasteiger partial charge on any atom is -0.326 e. The summed E-state index contributed by atoms with van der Waals surface area (Å²) in [5.74, 6) is 0.716. The Hall–Kier alpha value is -0.0800. The van der Waals surface area contributed by atoms with Gasteiger partial charge in [0, 0.05) is 11.6 Å². The molecule has 0 aliphatic carbocycles. The standard InChI is InChI=1S/C10H24N2/c1-8(2)7-12-9(3)6-10(4,5)11/h8-9,12H,6-7,11H2,1-5H3. The molecule has 0 aliphatic rings. The van der Waals surface area contributed by atoms with Crippen molar-refractivity contribution in [1.82, 2.24) is 5.32 Å². The van der Waals surface area contributed by atoms with Gasteiger partial charge in [-0.1, -0.05) is 13.8 Å². The smallest absolute Gasteiger partial charge is 0.0112 e. The third-order valence-electron chi connectivity index (χ3n) is 1.71. The van der Waals surface area contributed by atoms with Crippen LogP contribution < -0.4 is 11.1 Å². The van der Waals surface area contributed by atoms with Crippen LogP contribution in [0.15, 0.2) is 0 Å². The minimum absolute atomic E-state index is 0.0522. The fourth-order valence-electron chi connectivity index (χ4n) is 1.30. The van der Waals surface area contributed by atoms with Crippen molar-refractivity contribution < 1.29 is 0 Å². The molecule has 0 aromatic carbocycles. The molecule has 0 spiro atoms. The van der Waals surface area contributed by atoms with Crippen molar-refractivity contribution in [3.8, 4) is 0 Å². The summed E-state index contributed by atoms with van der Waals surface area (Å²) < 4.78 is 0. The van der Waals surface area contributed by atoms with E-state index in [-0.39, 0.29) is 5.54 Å². The Labute approximate surface area is 76.9 Å². The molecule has 74 valence electrons. The summed E-state index contributed by atoms with van der Waals surface area (Å²) in [6.45, 7) is 11.8. The molecule has 0 radical (unpaired) electrons. The van der Waals surface area contributed by atoms with Crippen molar-refractivity contribution in [2.45, 2.75) is 52.6 Å². The molecule has 0 heterocycles. The van der Waals surface area contributed by atoms with Crippen LogP contribution in [0.2, 0.25) is 0 Å². The van der Waals surface area contributed by atoms with Crippen molar-refractivity contribution in [1.29, 1.82) is 0 Å². The highest BCUT2D eigenvalue weighted by Gasteiger charge is 2.14. The van der Waals surface area contributed by atoms with Gasteiger partial charge in [0.25, 0.3) is 0 Å². The van der Waals surface area contributed by atoms with E-state index in [1.165, 1.54) is 0 Å². The molecule has 0 aromatic rings. The molecule has 2 heteroatoms. The lowest BCUT2D eigenvalue weighted by Gasteiger charge is -2.24. The lowest BCUT2D eigenvalue weighted by atomic mass is 9.97. The normalized spacial score (nSPS) is 15.2. The number of hydrogen-bond donors (Lipinski definition) is 2. The van der Waals surface area contributed by atoms with Crippen LogP contribution in [0.3, 0.4) is 0 Å². The number of nitrogens with two attached hydrogens (primary N) is 1. The molecule has 0 rings (SSSR count). The van der Waals surface area contributed by atoms with E-state index >= 15 is 0 Å². The third-order valence-corrected chi connectivity index (χ3v) is 1.71. The predicted octanol–water partition coefficient (Wildman–Crippen LogP) is 1.75. The predicted molar refractivity (Wildman–Crippen MR) is 55.2 cm³/mol. The first kappa shape index (κ1) is 11.9. The molecule has 0 bridgehead atoms. The van der Waals surface area contributed by atoms with Gasteiger partial charge < -0.3 is 11.1 Å².